The number of hydrogen-bond donors (Lipinski definition) is 3. The van der Waals surface area contributed by atoms with Crippen molar-refractivity contribution in [3.8, 4) is 5.75 Å². The molecule has 0 bridgehead atoms. The van der Waals surface area contributed by atoms with Crippen molar-refractivity contribution in [3.63, 3.8) is 0 Å². The summed E-state index contributed by atoms with van der Waals surface area (Å²) in [7, 11) is 0. The third-order valence-corrected chi connectivity index (χ3v) is 4.82. The lowest BCUT2D eigenvalue weighted by Crippen LogP contribution is -2.72. The standard InChI is InChI=1S/C21H18F4N2O4/c1-2-11-31-15-9-5-12(6-10-15)17-16(18(28)13-3-7-14(22)8-4-13)20(30,21(23,24)25)27-19(29)26-17/h2-10,16-17,30H,1,11H2,(H2,26,27,29)/t16-,17+,20+/m0/s1. The molecule has 0 aromatic heterocycles. The molecule has 0 radical (unpaired) electrons. The average molecular weight is 438 g/mol. The summed E-state index contributed by atoms with van der Waals surface area (Å²) >= 11 is 0. The maximum atomic E-state index is 13.8. The molecule has 3 rings (SSSR count). The minimum Gasteiger partial charge on any atom is -0.490 e. The van der Waals surface area contributed by atoms with E-state index in [1.54, 1.807) is 0 Å². The van der Waals surface area contributed by atoms with Gasteiger partial charge in [0.15, 0.2) is 5.78 Å². The Labute approximate surface area is 174 Å². The minimum absolute atomic E-state index is 0.129. The van der Waals surface area contributed by atoms with Crippen LogP contribution in [-0.2, 0) is 0 Å². The van der Waals surface area contributed by atoms with Crippen molar-refractivity contribution in [3.05, 3.63) is 78.1 Å². The van der Waals surface area contributed by atoms with Crippen molar-refractivity contribution < 1.29 is 37.0 Å². The molecule has 0 spiro atoms. The van der Waals surface area contributed by atoms with Gasteiger partial charge in [-0.25, -0.2) is 9.18 Å². The van der Waals surface area contributed by atoms with E-state index in [-0.39, 0.29) is 17.7 Å². The molecule has 1 saturated heterocycles. The van der Waals surface area contributed by atoms with Gasteiger partial charge < -0.3 is 20.5 Å². The number of carbonyl (C=O) groups is 2. The van der Waals surface area contributed by atoms with Gasteiger partial charge in [0.2, 0.25) is 5.72 Å². The lowest BCUT2D eigenvalue weighted by Gasteiger charge is -2.45. The van der Waals surface area contributed by atoms with Crippen molar-refractivity contribution >= 4 is 11.8 Å². The lowest BCUT2D eigenvalue weighted by atomic mass is 9.77. The highest BCUT2D eigenvalue weighted by atomic mass is 19.4. The van der Waals surface area contributed by atoms with E-state index in [2.05, 4.69) is 11.9 Å². The van der Waals surface area contributed by atoms with E-state index in [1.165, 1.54) is 35.7 Å². The van der Waals surface area contributed by atoms with Crippen molar-refractivity contribution in [2.75, 3.05) is 6.61 Å². The number of carbonyl (C=O) groups excluding carboxylic acids is 2. The Hall–Kier alpha value is -3.40. The number of benzene rings is 2. The molecule has 0 saturated carbocycles. The fraction of sp³-hybridized carbons (Fsp3) is 0.238. The van der Waals surface area contributed by atoms with Crippen molar-refractivity contribution in [1.29, 1.82) is 0 Å². The predicted molar refractivity (Wildman–Crippen MR) is 102 cm³/mol. The van der Waals surface area contributed by atoms with Gasteiger partial charge in [-0.3, -0.25) is 4.79 Å². The summed E-state index contributed by atoms with van der Waals surface area (Å²) in [5.74, 6) is -3.64. The smallest absolute Gasteiger partial charge is 0.437 e. The first kappa shape index (κ1) is 22.3. The van der Waals surface area contributed by atoms with Crippen LogP contribution in [0, 0.1) is 11.7 Å². The first-order valence-corrected chi connectivity index (χ1v) is 9.08. The molecular weight excluding hydrogens is 420 g/mol. The summed E-state index contributed by atoms with van der Waals surface area (Å²) in [6.45, 7) is 3.70. The number of aliphatic hydroxyl groups is 1. The Morgan fingerprint density at radius 3 is 2.32 bits per heavy atom. The summed E-state index contributed by atoms with van der Waals surface area (Å²) in [5.41, 5.74) is -3.99. The monoisotopic (exact) mass is 438 g/mol. The van der Waals surface area contributed by atoms with E-state index < -0.39 is 41.5 Å². The molecular formula is C21H18F4N2O4. The molecule has 1 heterocycles. The zero-order valence-electron chi connectivity index (χ0n) is 15.9. The summed E-state index contributed by atoms with van der Waals surface area (Å²) in [6.07, 6.45) is -3.88. The second-order valence-corrected chi connectivity index (χ2v) is 6.86. The van der Waals surface area contributed by atoms with Crippen LogP contribution in [0.1, 0.15) is 22.0 Å². The molecule has 2 aromatic carbocycles. The van der Waals surface area contributed by atoms with Crippen molar-refractivity contribution in [1.82, 2.24) is 10.6 Å². The van der Waals surface area contributed by atoms with E-state index in [0.717, 1.165) is 24.3 Å². The Bertz CT molecular complexity index is 976. The maximum Gasteiger partial charge on any atom is 0.437 e. The third-order valence-electron chi connectivity index (χ3n) is 4.82. The summed E-state index contributed by atoms with van der Waals surface area (Å²) in [5, 5.41) is 14.2. The Balaban J connectivity index is 2.07. The van der Waals surface area contributed by atoms with Crippen LogP contribution >= 0.6 is 0 Å². The van der Waals surface area contributed by atoms with Crippen LogP contribution in [0.2, 0.25) is 0 Å². The second kappa shape index (κ2) is 8.38. The third kappa shape index (κ3) is 4.38. The van der Waals surface area contributed by atoms with E-state index in [4.69, 9.17) is 4.74 Å². The number of rotatable bonds is 6. The van der Waals surface area contributed by atoms with Crippen LogP contribution in [0.3, 0.4) is 0 Å². The number of amides is 2. The fourth-order valence-electron chi connectivity index (χ4n) is 3.34. The highest BCUT2D eigenvalue weighted by Crippen LogP contribution is 2.44. The van der Waals surface area contributed by atoms with Crippen LogP contribution < -0.4 is 15.4 Å². The number of nitrogens with one attached hydrogen (secondary N) is 2. The Morgan fingerprint density at radius 2 is 1.77 bits per heavy atom. The Kier molecular flexibility index (Phi) is 6.03. The molecule has 3 N–H and O–H groups in total. The fourth-order valence-corrected chi connectivity index (χ4v) is 3.34. The van der Waals surface area contributed by atoms with Crippen LogP contribution in [0.4, 0.5) is 22.4 Å². The number of halogens is 4. The van der Waals surface area contributed by atoms with Crippen LogP contribution in [0.5, 0.6) is 5.75 Å². The summed E-state index contributed by atoms with van der Waals surface area (Å²) < 4.78 is 60.1. The molecule has 31 heavy (non-hydrogen) atoms. The number of alkyl halides is 3. The largest absolute Gasteiger partial charge is 0.490 e. The second-order valence-electron chi connectivity index (χ2n) is 6.86. The number of hydrogen-bond acceptors (Lipinski definition) is 4. The summed E-state index contributed by atoms with van der Waals surface area (Å²) in [4.78, 5) is 25.1. The normalized spacial score (nSPS) is 23.5. The molecule has 1 aliphatic rings. The van der Waals surface area contributed by atoms with Gasteiger partial charge in [0.1, 0.15) is 24.1 Å². The van der Waals surface area contributed by atoms with Gasteiger partial charge in [0.05, 0.1) is 6.04 Å². The van der Waals surface area contributed by atoms with Crippen LogP contribution in [0.25, 0.3) is 0 Å². The van der Waals surface area contributed by atoms with Crippen molar-refractivity contribution in [2.45, 2.75) is 17.9 Å². The first-order valence-electron chi connectivity index (χ1n) is 9.08. The van der Waals surface area contributed by atoms with E-state index in [1.807, 2.05) is 0 Å². The number of Topliss-reactive ketones (excluding diaryl/α,β-unsaturated/α-hetero) is 1. The highest BCUT2D eigenvalue weighted by Gasteiger charge is 2.66. The van der Waals surface area contributed by atoms with E-state index in [9.17, 15) is 32.3 Å². The van der Waals surface area contributed by atoms with E-state index >= 15 is 0 Å². The van der Waals surface area contributed by atoms with Gasteiger partial charge in [0.25, 0.3) is 0 Å². The van der Waals surface area contributed by atoms with E-state index in [0.29, 0.717) is 5.75 Å². The molecule has 1 aliphatic heterocycles. The van der Waals surface area contributed by atoms with Gasteiger partial charge in [0, 0.05) is 5.56 Å². The van der Waals surface area contributed by atoms with Crippen LogP contribution in [-0.4, -0.2) is 35.4 Å². The van der Waals surface area contributed by atoms with Gasteiger partial charge >= 0.3 is 12.2 Å². The molecule has 0 unspecified atom stereocenters. The highest BCUT2D eigenvalue weighted by molar-refractivity contribution is 6.00. The zero-order chi connectivity index (χ0) is 22.8. The number of urea groups is 1. The number of ether oxygens (including phenoxy) is 1. The van der Waals surface area contributed by atoms with Gasteiger partial charge in [-0.1, -0.05) is 24.8 Å². The molecule has 2 amide bonds. The van der Waals surface area contributed by atoms with Gasteiger partial charge in [-0.2, -0.15) is 13.2 Å². The van der Waals surface area contributed by atoms with Crippen LogP contribution in [0.15, 0.2) is 61.2 Å². The molecule has 10 heteroatoms. The minimum atomic E-state index is -5.38. The zero-order valence-corrected chi connectivity index (χ0v) is 15.9. The SMILES string of the molecule is C=CCOc1ccc([C@H]2NC(=O)N[C@](O)(C(F)(F)F)[C@@H]2C(=O)c2ccc(F)cc2)cc1. The summed E-state index contributed by atoms with van der Waals surface area (Å²) in [6, 6.07) is 6.63. The lowest BCUT2D eigenvalue weighted by molar-refractivity contribution is -0.287. The molecule has 0 aliphatic carbocycles. The van der Waals surface area contributed by atoms with Crippen molar-refractivity contribution in [2.24, 2.45) is 5.92 Å². The molecule has 3 atom stereocenters. The van der Waals surface area contributed by atoms with Gasteiger partial charge in [-0.05, 0) is 42.0 Å². The maximum absolute atomic E-state index is 13.8. The van der Waals surface area contributed by atoms with Gasteiger partial charge in [-0.15, -0.1) is 0 Å². The number of ketones is 1. The average Bonchev–Trinajstić information content (AvgIpc) is 2.71. The molecule has 1 fully saturated rings. The Morgan fingerprint density at radius 1 is 1.16 bits per heavy atom. The quantitative estimate of drug-likeness (QED) is 0.366. The molecule has 2 aromatic rings. The predicted octanol–water partition coefficient (Wildman–Crippen LogP) is 3.49. The molecule has 6 nitrogen and oxygen atoms in total. The first-order chi connectivity index (χ1) is 14.6. The topological polar surface area (TPSA) is 87.7 Å². The molecule has 164 valence electrons.